The van der Waals surface area contributed by atoms with Crippen LogP contribution in [0.25, 0.3) is 11.1 Å². The van der Waals surface area contributed by atoms with Crippen molar-refractivity contribution in [1.29, 1.82) is 0 Å². The first kappa shape index (κ1) is 13.8. The summed E-state index contributed by atoms with van der Waals surface area (Å²) in [5.41, 5.74) is 1.57. The van der Waals surface area contributed by atoms with Gasteiger partial charge in [0.1, 0.15) is 5.82 Å². The lowest BCUT2D eigenvalue weighted by Gasteiger charge is -2.09. The average Bonchev–Trinajstić information content (AvgIpc) is 2.35. The van der Waals surface area contributed by atoms with E-state index >= 15 is 0 Å². The van der Waals surface area contributed by atoms with Gasteiger partial charge < -0.3 is 5.11 Å². The standard InChI is InChI=1S/C14H9Cl2FO2/c1-7-4-10(14(18)19)13(17)6-9(7)8-2-3-11(15)12(16)5-8/h2-6H,1H3,(H,18,19). The Morgan fingerprint density at radius 3 is 2.42 bits per heavy atom. The van der Waals surface area contributed by atoms with Crippen molar-refractivity contribution >= 4 is 29.2 Å². The summed E-state index contributed by atoms with van der Waals surface area (Å²) in [7, 11) is 0. The first-order chi connectivity index (χ1) is 8.90. The smallest absolute Gasteiger partial charge is 0.338 e. The third kappa shape index (κ3) is 2.72. The van der Waals surface area contributed by atoms with Gasteiger partial charge in [0.15, 0.2) is 0 Å². The molecule has 0 bridgehead atoms. The van der Waals surface area contributed by atoms with Crippen LogP contribution in [0.4, 0.5) is 4.39 Å². The van der Waals surface area contributed by atoms with E-state index in [1.54, 1.807) is 25.1 Å². The fraction of sp³-hybridized carbons (Fsp3) is 0.0714. The quantitative estimate of drug-likeness (QED) is 0.864. The van der Waals surface area contributed by atoms with Crippen molar-refractivity contribution in [1.82, 2.24) is 0 Å². The lowest BCUT2D eigenvalue weighted by atomic mass is 9.98. The molecule has 0 atom stereocenters. The van der Waals surface area contributed by atoms with Crippen LogP contribution in [-0.4, -0.2) is 11.1 Å². The van der Waals surface area contributed by atoms with E-state index in [4.69, 9.17) is 28.3 Å². The summed E-state index contributed by atoms with van der Waals surface area (Å²) < 4.78 is 13.7. The molecule has 0 aliphatic rings. The molecule has 2 aromatic carbocycles. The van der Waals surface area contributed by atoms with Crippen LogP contribution in [0.15, 0.2) is 30.3 Å². The predicted molar refractivity (Wildman–Crippen MR) is 73.6 cm³/mol. The maximum Gasteiger partial charge on any atom is 0.338 e. The Bertz CT molecular complexity index is 669. The largest absolute Gasteiger partial charge is 0.478 e. The number of carboxylic acid groups (broad SMARTS) is 1. The molecule has 0 aliphatic heterocycles. The van der Waals surface area contributed by atoms with Crippen LogP contribution in [0.1, 0.15) is 15.9 Å². The topological polar surface area (TPSA) is 37.3 Å². The lowest BCUT2D eigenvalue weighted by Crippen LogP contribution is -2.02. The monoisotopic (exact) mass is 298 g/mol. The van der Waals surface area contributed by atoms with Crippen LogP contribution in [0.5, 0.6) is 0 Å². The minimum Gasteiger partial charge on any atom is -0.478 e. The number of rotatable bonds is 2. The molecule has 2 aromatic rings. The number of hydrogen-bond donors (Lipinski definition) is 1. The van der Waals surface area contributed by atoms with Crippen molar-refractivity contribution in [3.8, 4) is 11.1 Å². The highest BCUT2D eigenvalue weighted by Gasteiger charge is 2.14. The van der Waals surface area contributed by atoms with E-state index in [-0.39, 0.29) is 5.56 Å². The second-order valence-corrected chi connectivity index (χ2v) is 4.90. The molecule has 2 nitrogen and oxygen atoms in total. The summed E-state index contributed by atoms with van der Waals surface area (Å²) in [6, 6.07) is 7.43. The van der Waals surface area contributed by atoms with Crippen molar-refractivity contribution < 1.29 is 14.3 Å². The third-order valence-corrected chi connectivity index (χ3v) is 3.51. The lowest BCUT2D eigenvalue weighted by molar-refractivity contribution is 0.0692. The van der Waals surface area contributed by atoms with Gasteiger partial charge in [-0.3, -0.25) is 0 Å². The molecular weight excluding hydrogens is 290 g/mol. The molecule has 0 amide bonds. The number of halogens is 3. The summed E-state index contributed by atoms with van der Waals surface area (Å²) >= 11 is 11.7. The van der Waals surface area contributed by atoms with Gasteiger partial charge >= 0.3 is 5.97 Å². The second kappa shape index (κ2) is 5.19. The van der Waals surface area contributed by atoms with Gasteiger partial charge in [-0.25, -0.2) is 9.18 Å². The molecule has 0 heterocycles. The molecule has 0 aromatic heterocycles. The fourth-order valence-electron chi connectivity index (χ4n) is 1.82. The van der Waals surface area contributed by atoms with Gasteiger partial charge in [0.25, 0.3) is 0 Å². The minimum atomic E-state index is -1.29. The van der Waals surface area contributed by atoms with Gasteiger partial charge in [0, 0.05) is 0 Å². The van der Waals surface area contributed by atoms with E-state index in [9.17, 15) is 9.18 Å². The van der Waals surface area contributed by atoms with Crippen LogP contribution in [0.2, 0.25) is 10.0 Å². The molecule has 0 saturated heterocycles. The number of benzene rings is 2. The van der Waals surface area contributed by atoms with Gasteiger partial charge in [-0.2, -0.15) is 0 Å². The molecule has 5 heteroatoms. The Morgan fingerprint density at radius 1 is 1.16 bits per heavy atom. The van der Waals surface area contributed by atoms with Crippen molar-refractivity contribution in [2.24, 2.45) is 0 Å². The molecule has 2 rings (SSSR count). The Labute approximate surface area is 119 Å². The Morgan fingerprint density at radius 2 is 1.84 bits per heavy atom. The first-order valence-corrected chi connectivity index (χ1v) is 6.14. The number of hydrogen-bond acceptors (Lipinski definition) is 1. The molecule has 0 spiro atoms. The molecule has 98 valence electrons. The second-order valence-electron chi connectivity index (χ2n) is 4.08. The van der Waals surface area contributed by atoms with Gasteiger partial charge in [-0.1, -0.05) is 29.3 Å². The van der Waals surface area contributed by atoms with Crippen LogP contribution in [0.3, 0.4) is 0 Å². The van der Waals surface area contributed by atoms with Gasteiger partial charge in [-0.05, 0) is 47.9 Å². The molecular formula is C14H9Cl2FO2. The molecule has 0 aliphatic carbocycles. The Hall–Kier alpha value is -1.58. The molecule has 0 radical (unpaired) electrons. The highest BCUT2D eigenvalue weighted by molar-refractivity contribution is 6.42. The van der Waals surface area contributed by atoms with E-state index < -0.39 is 11.8 Å². The highest BCUT2D eigenvalue weighted by Crippen LogP contribution is 2.31. The number of carboxylic acids is 1. The summed E-state index contributed by atoms with van der Waals surface area (Å²) in [6.07, 6.45) is 0. The molecule has 19 heavy (non-hydrogen) atoms. The third-order valence-electron chi connectivity index (χ3n) is 2.78. The van der Waals surface area contributed by atoms with Gasteiger partial charge in [0.05, 0.1) is 15.6 Å². The number of carbonyl (C=O) groups is 1. The first-order valence-electron chi connectivity index (χ1n) is 5.39. The van der Waals surface area contributed by atoms with Crippen LogP contribution >= 0.6 is 23.2 Å². The molecule has 0 unspecified atom stereocenters. The van der Waals surface area contributed by atoms with Gasteiger partial charge in [-0.15, -0.1) is 0 Å². The predicted octanol–water partition coefficient (Wildman–Crippen LogP) is 4.81. The molecule has 0 saturated carbocycles. The van der Waals surface area contributed by atoms with Gasteiger partial charge in [0.2, 0.25) is 0 Å². The minimum absolute atomic E-state index is 0.346. The highest BCUT2D eigenvalue weighted by atomic mass is 35.5. The fourth-order valence-corrected chi connectivity index (χ4v) is 2.12. The summed E-state index contributed by atoms with van der Waals surface area (Å²) in [4.78, 5) is 10.8. The van der Waals surface area contributed by atoms with E-state index in [1.807, 2.05) is 0 Å². The summed E-state index contributed by atoms with van der Waals surface area (Å²) in [5, 5.41) is 9.62. The molecule has 1 N–H and O–H groups in total. The normalized spacial score (nSPS) is 10.5. The van der Waals surface area contributed by atoms with Crippen LogP contribution in [-0.2, 0) is 0 Å². The number of aromatic carboxylic acids is 1. The summed E-state index contributed by atoms with van der Waals surface area (Å²) in [6.45, 7) is 1.71. The molecule has 0 fully saturated rings. The van der Waals surface area contributed by atoms with Crippen LogP contribution < -0.4 is 0 Å². The zero-order valence-corrected chi connectivity index (χ0v) is 11.4. The van der Waals surface area contributed by atoms with E-state index in [2.05, 4.69) is 0 Å². The average molecular weight is 299 g/mol. The zero-order chi connectivity index (χ0) is 14.2. The van der Waals surface area contributed by atoms with E-state index in [0.717, 1.165) is 0 Å². The van der Waals surface area contributed by atoms with E-state index in [1.165, 1.54) is 12.1 Å². The van der Waals surface area contributed by atoms with Crippen LogP contribution in [0, 0.1) is 12.7 Å². The maximum atomic E-state index is 13.7. The summed E-state index contributed by atoms with van der Waals surface area (Å²) in [5.74, 6) is -2.07. The number of aryl methyl sites for hydroxylation is 1. The van der Waals surface area contributed by atoms with E-state index in [0.29, 0.717) is 26.7 Å². The van der Waals surface area contributed by atoms with Crippen molar-refractivity contribution in [2.45, 2.75) is 6.92 Å². The zero-order valence-electron chi connectivity index (χ0n) is 9.88. The Kier molecular flexibility index (Phi) is 3.78. The SMILES string of the molecule is Cc1cc(C(=O)O)c(F)cc1-c1ccc(Cl)c(Cl)c1. The maximum absolute atomic E-state index is 13.7. The van der Waals surface area contributed by atoms with Crippen molar-refractivity contribution in [2.75, 3.05) is 0 Å². The Balaban J connectivity index is 2.60. The van der Waals surface area contributed by atoms with Crippen molar-refractivity contribution in [3.63, 3.8) is 0 Å². The van der Waals surface area contributed by atoms with Crippen molar-refractivity contribution in [3.05, 3.63) is 57.3 Å².